The third-order valence-corrected chi connectivity index (χ3v) is 6.51. The van der Waals surface area contributed by atoms with Crippen LogP contribution >= 0.6 is 12.2 Å². The van der Waals surface area contributed by atoms with Gasteiger partial charge in [0.05, 0.1) is 10.5 Å². The predicted octanol–water partition coefficient (Wildman–Crippen LogP) is 7.46. The Bertz CT molecular complexity index is 1910. The second-order valence-corrected chi connectivity index (χ2v) is 9.40. The number of benzene rings is 4. The van der Waals surface area contributed by atoms with Crippen molar-refractivity contribution in [3.63, 3.8) is 0 Å². The van der Waals surface area contributed by atoms with Crippen molar-refractivity contribution >= 4 is 45.7 Å². The molecule has 2 N–H and O–H groups in total. The molecule has 6 rings (SSSR count). The summed E-state index contributed by atoms with van der Waals surface area (Å²) in [6.07, 6.45) is 0. The number of nitrogens with one attached hydrogen (secondary N) is 2. The van der Waals surface area contributed by atoms with Crippen LogP contribution < -0.4 is 10.6 Å². The number of carbonyl (C=O) groups excluding carboxylic acids is 1. The Morgan fingerprint density at radius 1 is 0.805 bits per heavy atom. The lowest BCUT2D eigenvalue weighted by Crippen LogP contribution is -2.33. The first-order valence-electron chi connectivity index (χ1n) is 12.5. The molecule has 200 valence electrons. The van der Waals surface area contributed by atoms with Gasteiger partial charge in [0, 0.05) is 17.3 Å². The van der Waals surface area contributed by atoms with Gasteiger partial charge in [0.1, 0.15) is 11.3 Å². The van der Waals surface area contributed by atoms with Crippen molar-refractivity contribution in [2.24, 2.45) is 0 Å². The monoisotopic (exact) mass is 560 g/mol. The molecule has 0 fully saturated rings. The van der Waals surface area contributed by atoms with Crippen LogP contribution in [0.3, 0.4) is 0 Å². The molecule has 0 radical (unpaired) electrons. The zero-order chi connectivity index (χ0) is 28.3. The number of para-hydroxylation sites is 1. The van der Waals surface area contributed by atoms with Crippen molar-refractivity contribution < 1.29 is 18.6 Å². The summed E-state index contributed by atoms with van der Waals surface area (Å²) in [4.78, 5) is 28.1. The predicted molar refractivity (Wildman–Crippen MR) is 159 cm³/mol. The van der Waals surface area contributed by atoms with Gasteiger partial charge in [-0.15, -0.1) is 0 Å². The van der Waals surface area contributed by atoms with Gasteiger partial charge < -0.3 is 14.2 Å². The average Bonchev–Trinajstić information content (AvgIpc) is 3.65. The number of amides is 1. The molecule has 9 nitrogen and oxygen atoms in total. The number of oxazole rings is 1. The number of rotatable bonds is 6. The molecule has 4 aromatic carbocycles. The molecule has 0 aliphatic heterocycles. The number of nitro benzene ring substituents is 1. The van der Waals surface area contributed by atoms with Crippen molar-refractivity contribution in [2.45, 2.75) is 0 Å². The van der Waals surface area contributed by atoms with Gasteiger partial charge in [-0.2, -0.15) is 0 Å². The summed E-state index contributed by atoms with van der Waals surface area (Å²) in [6.45, 7) is 0. The number of carbonyl (C=O) groups is 1. The summed E-state index contributed by atoms with van der Waals surface area (Å²) in [5.41, 5.74) is 5.03. The van der Waals surface area contributed by atoms with E-state index in [4.69, 9.17) is 21.1 Å². The van der Waals surface area contributed by atoms with Crippen LogP contribution in [0.2, 0.25) is 0 Å². The number of fused-ring (bicyclic) bond motifs is 1. The summed E-state index contributed by atoms with van der Waals surface area (Å²) < 4.78 is 11.5. The average molecular weight is 561 g/mol. The SMILES string of the molecule is O=C(NC(=S)Nc1ccc2oc(-c3ccc(-c4ccccc4)cc3)nc2c1)c1ccc(-c2ccccc2[N+](=O)[O-])o1. The second kappa shape index (κ2) is 10.9. The van der Waals surface area contributed by atoms with Gasteiger partial charge in [-0.3, -0.25) is 20.2 Å². The molecule has 0 atom stereocenters. The lowest BCUT2D eigenvalue weighted by Gasteiger charge is -2.08. The first kappa shape index (κ1) is 25.7. The van der Waals surface area contributed by atoms with Crippen LogP contribution in [0.25, 0.3) is 45.0 Å². The maximum Gasteiger partial charge on any atom is 0.293 e. The Labute approximate surface area is 238 Å². The van der Waals surface area contributed by atoms with E-state index in [1.807, 2.05) is 42.5 Å². The van der Waals surface area contributed by atoms with Crippen molar-refractivity contribution in [1.82, 2.24) is 10.3 Å². The van der Waals surface area contributed by atoms with Crippen molar-refractivity contribution in [3.05, 3.63) is 125 Å². The molecule has 6 aromatic rings. The number of hydrogen-bond donors (Lipinski definition) is 2. The van der Waals surface area contributed by atoms with Gasteiger partial charge >= 0.3 is 0 Å². The molecule has 2 heterocycles. The highest BCUT2D eigenvalue weighted by Crippen LogP contribution is 2.31. The number of nitrogens with zero attached hydrogens (tertiary/aromatic N) is 2. The lowest BCUT2D eigenvalue weighted by atomic mass is 10.0. The van der Waals surface area contributed by atoms with Gasteiger partial charge in [0.2, 0.25) is 5.89 Å². The zero-order valence-corrected chi connectivity index (χ0v) is 22.1. The van der Waals surface area contributed by atoms with E-state index in [1.165, 1.54) is 18.2 Å². The molecule has 41 heavy (non-hydrogen) atoms. The highest BCUT2D eigenvalue weighted by molar-refractivity contribution is 7.80. The molecule has 0 saturated heterocycles. The zero-order valence-electron chi connectivity index (χ0n) is 21.2. The third kappa shape index (κ3) is 5.45. The van der Waals surface area contributed by atoms with Crippen molar-refractivity contribution in [2.75, 3.05) is 5.32 Å². The van der Waals surface area contributed by atoms with E-state index >= 15 is 0 Å². The molecule has 0 unspecified atom stereocenters. The normalized spacial score (nSPS) is 10.8. The maximum atomic E-state index is 12.7. The molecular weight excluding hydrogens is 540 g/mol. The minimum Gasteiger partial charge on any atom is -0.451 e. The molecule has 10 heteroatoms. The number of furan rings is 1. The molecule has 0 spiro atoms. The van der Waals surface area contributed by atoms with E-state index in [1.54, 1.807) is 36.4 Å². The summed E-state index contributed by atoms with van der Waals surface area (Å²) >= 11 is 5.31. The van der Waals surface area contributed by atoms with Crippen LogP contribution in [-0.4, -0.2) is 20.9 Å². The largest absolute Gasteiger partial charge is 0.451 e. The highest BCUT2D eigenvalue weighted by atomic mass is 32.1. The topological polar surface area (TPSA) is 123 Å². The van der Waals surface area contributed by atoms with E-state index < -0.39 is 10.8 Å². The van der Waals surface area contributed by atoms with Crippen LogP contribution in [0.4, 0.5) is 11.4 Å². The summed E-state index contributed by atoms with van der Waals surface area (Å²) in [7, 11) is 0. The number of nitro groups is 1. The fraction of sp³-hybridized carbons (Fsp3) is 0. The van der Waals surface area contributed by atoms with Crippen molar-refractivity contribution in [1.29, 1.82) is 0 Å². The maximum absolute atomic E-state index is 12.7. The molecule has 1 amide bonds. The van der Waals surface area contributed by atoms with Crippen molar-refractivity contribution in [3.8, 4) is 33.9 Å². The van der Waals surface area contributed by atoms with Gasteiger partial charge in [-0.1, -0.05) is 54.6 Å². The quantitative estimate of drug-likeness (QED) is 0.122. The lowest BCUT2D eigenvalue weighted by molar-refractivity contribution is -0.384. The standard InChI is InChI=1S/C31H20N4O5S/c36-29(28-17-16-26(39-28)23-8-4-5-9-25(23)35(37)38)34-31(41)32-22-14-15-27-24(18-22)33-30(40-27)21-12-10-20(11-13-21)19-6-2-1-3-7-19/h1-18H,(H2,32,34,36,41). The summed E-state index contributed by atoms with van der Waals surface area (Å²) in [6, 6.07) is 32.4. The van der Waals surface area contributed by atoms with Crippen LogP contribution in [0.1, 0.15) is 10.6 Å². The van der Waals surface area contributed by atoms with Crippen LogP contribution in [0.15, 0.2) is 118 Å². The fourth-order valence-corrected chi connectivity index (χ4v) is 4.55. The minimum atomic E-state index is -0.601. The number of aromatic nitrogens is 1. The molecule has 0 bridgehead atoms. The van der Waals surface area contributed by atoms with E-state index in [2.05, 4.69) is 27.8 Å². The first-order chi connectivity index (χ1) is 19.9. The molecule has 2 aromatic heterocycles. The molecular formula is C31H20N4O5S. The Balaban J connectivity index is 1.13. The highest BCUT2D eigenvalue weighted by Gasteiger charge is 2.20. The van der Waals surface area contributed by atoms with E-state index in [0.29, 0.717) is 22.7 Å². The Morgan fingerprint density at radius 2 is 1.51 bits per heavy atom. The molecule has 0 aliphatic carbocycles. The third-order valence-electron chi connectivity index (χ3n) is 6.31. The Hall–Kier alpha value is -5.61. The van der Waals surface area contributed by atoms with Gasteiger partial charge in [-0.25, -0.2) is 4.98 Å². The van der Waals surface area contributed by atoms with Crippen LogP contribution in [0.5, 0.6) is 0 Å². The Morgan fingerprint density at radius 3 is 2.29 bits per heavy atom. The summed E-state index contributed by atoms with van der Waals surface area (Å²) in [5.74, 6) is 0.0384. The number of thiocarbonyl (C=S) groups is 1. The minimum absolute atomic E-state index is 0.0400. The summed E-state index contributed by atoms with van der Waals surface area (Å²) in [5, 5.41) is 16.9. The van der Waals surface area contributed by atoms with Crippen LogP contribution in [-0.2, 0) is 0 Å². The van der Waals surface area contributed by atoms with E-state index in [0.717, 1.165) is 16.7 Å². The van der Waals surface area contributed by atoms with E-state index in [-0.39, 0.29) is 27.9 Å². The fourth-order valence-electron chi connectivity index (χ4n) is 4.34. The second-order valence-electron chi connectivity index (χ2n) is 8.99. The van der Waals surface area contributed by atoms with Gasteiger partial charge in [-0.05, 0) is 71.9 Å². The van der Waals surface area contributed by atoms with E-state index in [9.17, 15) is 14.9 Å². The molecule has 0 aliphatic rings. The van der Waals surface area contributed by atoms with Gasteiger partial charge in [0.25, 0.3) is 11.6 Å². The first-order valence-corrected chi connectivity index (χ1v) is 12.9. The van der Waals surface area contributed by atoms with Gasteiger partial charge in [0.15, 0.2) is 16.5 Å². The Kier molecular flexibility index (Phi) is 6.80. The number of hydrogen-bond acceptors (Lipinski definition) is 7. The molecule has 0 saturated carbocycles. The smallest absolute Gasteiger partial charge is 0.293 e. The van der Waals surface area contributed by atoms with Crippen LogP contribution in [0, 0.1) is 10.1 Å². The number of anilines is 1.